The largest absolute Gasteiger partial charge is 0.376 e. The lowest BCUT2D eigenvalue weighted by atomic mass is 10.2. The van der Waals surface area contributed by atoms with Gasteiger partial charge in [0.15, 0.2) is 5.82 Å². The summed E-state index contributed by atoms with van der Waals surface area (Å²) in [5, 5.41) is 6.79. The summed E-state index contributed by atoms with van der Waals surface area (Å²) in [7, 11) is 0. The highest BCUT2D eigenvalue weighted by molar-refractivity contribution is 6.32. The van der Waals surface area contributed by atoms with Crippen LogP contribution >= 0.6 is 11.6 Å². The number of anilines is 2. The van der Waals surface area contributed by atoms with Gasteiger partial charge in [0.2, 0.25) is 5.95 Å². The zero-order valence-electron chi connectivity index (χ0n) is 9.87. The molecule has 1 saturated heterocycles. The van der Waals surface area contributed by atoms with E-state index in [4.69, 9.17) is 16.3 Å². The first-order valence-corrected chi connectivity index (χ1v) is 6.29. The molecule has 2 N–H and O–H groups in total. The predicted octanol–water partition coefficient (Wildman–Crippen LogP) is 2.15. The summed E-state index contributed by atoms with van der Waals surface area (Å²) in [4.78, 5) is 8.39. The van der Waals surface area contributed by atoms with E-state index in [9.17, 15) is 0 Å². The topological polar surface area (TPSA) is 59.1 Å². The van der Waals surface area contributed by atoms with Crippen molar-refractivity contribution in [3.05, 3.63) is 11.2 Å². The van der Waals surface area contributed by atoms with E-state index in [0.29, 0.717) is 16.8 Å². The number of hydrogen-bond donors (Lipinski definition) is 2. The van der Waals surface area contributed by atoms with E-state index in [1.165, 1.54) is 0 Å². The Morgan fingerprint density at radius 2 is 2.41 bits per heavy atom. The van der Waals surface area contributed by atoms with Crippen LogP contribution in [0.25, 0.3) is 0 Å². The van der Waals surface area contributed by atoms with Crippen molar-refractivity contribution in [2.45, 2.75) is 25.9 Å². The Bertz CT molecular complexity index is 368. The summed E-state index contributed by atoms with van der Waals surface area (Å²) in [5.41, 5.74) is 0. The van der Waals surface area contributed by atoms with Gasteiger partial charge in [-0.25, -0.2) is 4.98 Å². The van der Waals surface area contributed by atoms with E-state index in [1.807, 2.05) is 6.92 Å². The van der Waals surface area contributed by atoms with E-state index >= 15 is 0 Å². The fourth-order valence-corrected chi connectivity index (χ4v) is 1.91. The Morgan fingerprint density at radius 3 is 3.12 bits per heavy atom. The smallest absolute Gasteiger partial charge is 0.224 e. The van der Waals surface area contributed by atoms with E-state index in [1.54, 1.807) is 6.20 Å². The Kier molecular flexibility index (Phi) is 4.39. The van der Waals surface area contributed by atoms with Gasteiger partial charge in [0, 0.05) is 19.7 Å². The minimum atomic E-state index is 0.267. The third kappa shape index (κ3) is 3.44. The predicted molar refractivity (Wildman–Crippen MR) is 68.7 cm³/mol. The molecule has 0 amide bonds. The van der Waals surface area contributed by atoms with Crippen LogP contribution in [-0.4, -0.2) is 35.8 Å². The molecule has 0 bridgehead atoms. The van der Waals surface area contributed by atoms with Crippen molar-refractivity contribution >= 4 is 23.4 Å². The highest BCUT2D eigenvalue weighted by Gasteiger charge is 2.16. The third-order valence-electron chi connectivity index (χ3n) is 2.60. The molecule has 1 aromatic heterocycles. The molecule has 17 heavy (non-hydrogen) atoms. The summed E-state index contributed by atoms with van der Waals surface area (Å²) in [5.74, 6) is 1.25. The van der Waals surface area contributed by atoms with Gasteiger partial charge in [-0.3, -0.25) is 0 Å². The third-order valence-corrected chi connectivity index (χ3v) is 2.88. The Labute approximate surface area is 106 Å². The molecular formula is C11H17ClN4O. The molecule has 6 heteroatoms. The SMILES string of the molecule is CCNc1ncc(Cl)c(NCC2CCCO2)n1. The van der Waals surface area contributed by atoms with Crippen LogP contribution in [0, 0.1) is 0 Å². The molecule has 0 aromatic carbocycles. The molecule has 0 saturated carbocycles. The van der Waals surface area contributed by atoms with E-state index in [2.05, 4.69) is 20.6 Å². The van der Waals surface area contributed by atoms with Crippen LogP contribution in [0.1, 0.15) is 19.8 Å². The number of nitrogens with one attached hydrogen (secondary N) is 2. The lowest BCUT2D eigenvalue weighted by Crippen LogP contribution is -2.19. The normalized spacial score (nSPS) is 19.3. The van der Waals surface area contributed by atoms with Crippen molar-refractivity contribution < 1.29 is 4.74 Å². The first-order chi connectivity index (χ1) is 8.29. The van der Waals surface area contributed by atoms with Crippen LogP contribution in [0.2, 0.25) is 5.02 Å². The van der Waals surface area contributed by atoms with Gasteiger partial charge in [-0.1, -0.05) is 11.6 Å². The van der Waals surface area contributed by atoms with Gasteiger partial charge in [0.25, 0.3) is 0 Å². The number of aromatic nitrogens is 2. The number of hydrogen-bond acceptors (Lipinski definition) is 5. The minimum absolute atomic E-state index is 0.267. The second-order valence-corrected chi connectivity index (χ2v) is 4.34. The summed E-state index contributed by atoms with van der Waals surface area (Å²) >= 11 is 6.03. The Morgan fingerprint density at radius 1 is 1.53 bits per heavy atom. The average Bonchev–Trinajstić information content (AvgIpc) is 2.83. The van der Waals surface area contributed by atoms with Crippen LogP contribution in [0.5, 0.6) is 0 Å². The molecule has 94 valence electrons. The Balaban J connectivity index is 1.95. The molecule has 0 spiro atoms. The van der Waals surface area contributed by atoms with Gasteiger partial charge in [0.1, 0.15) is 5.02 Å². The Hall–Kier alpha value is -1.07. The molecule has 1 aliphatic heterocycles. The maximum Gasteiger partial charge on any atom is 0.224 e. The molecule has 1 unspecified atom stereocenters. The zero-order chi connectivity index (χ0) is 12.1. The van der Waals surface area contributed by atoms with Gasteiger partial charge in [-0.15, -0.1) is 0 Å². The molecule has 0 aliphatic carbocycles. The quantitative estimate of drug-likeness (QED) is 0.845. The molecule has 1 aliphatic rings. The number of rotatable bonds is 5. The lowest BCUT2D eigenvalue weighted by molar-refractivity contribution is 0.120. The van der Waals surface area contributed by atoms with Crippen LogP contribution in [0.3, 0.4) is 0 Å². The lowest BCUT2D eigenvalue weighted by Gasteiger charge is -2.12. The first kappa shape index (κ1) is 12.4. The van der Waals surface area contributed by atoms with E-state index < -0.39 is 0 Å². The second kappa shape index (κ2) is 6.02. The van der Waals surface area contributed by atoms with Crippen molar-refractivity contribution in [3.8, 4) is 0 Å². The van der Waals surface area contributed by atoms with E-state index in [-0.39, 0.29) is 6.10 Å². The fraction of sp³-hybridized carbons (Fsp3) is 0.636. The summed E-state index contributed by atoms with van der Waals surface area (Å²) < 4.78 is 5.53. The van der Waals surface area contributed by atoms with E-state index in [0.717, 1.165) is 32.5 Å². The molecule has 0 radical (unpaired) electrons. The maximum atomic E-state index is 6.03. The van der Waals surface area contributed by atoms with Crippen molar-refractivity contribution in [1.29, 1.82) is 0 Å². The second-order valence-electron chi connectivity index (χ2n) is 3.94. The average molecular weight is 257 g/mol. The molecule has 2 rings (SSSR count). The van der Waals surface area contributed by atoms with Crippen molar-refractivity contribution in [3.63, 3.8) is 0 Å². The van der Waals surface area contributed by atoms with Crippen LogP contribution in [-0.2, 0) is 4.74 Å². The van der Waals surface area contributed by atoms with Gasteiger partial charge in [-0.05, 0) is 19.8 Å². The summed E-state index contributed by atoms with van der Waals surface area (Å²) in [6.45, 7) is 4.37. The summed E-state index contributed by atoms with van der Waals surface area (Å²) in [6, 6.07) is 0. The van der Waals surface area contributed by atoms with Gasteiger partial charge < -0.3 is 15.4 Å². The standard InChI is InChI=1S/C11H17ClN4O/c1-2-13-11-15-7-9(12)10(16-11)14-6-8-4-3-5-17-8/h7-8H,2-6H2,1H3,(H2,13,14,15,16). The number of nitrogens with zero attached hydrogens (tertiary/aromatic N) is 2. The first-order valence-electron chi connectivity index (χ1n) is 5.91. The maximum absolute atomic E-state index is 6.03. The van der Waals surface area contributed by atoms with Gasteiger partial charge >= 0.3 is 0 Å². The number of ether oxygens (including phenoxy) is 1. The molecule has 1 aromatic rings. The van der Waals surface area contributed by atoms with Gasteiger partial charge in [-0.2, -0.15) is 4.98 Å². The zero-order valence-corrected chi connectivity index (χ0v) is 10.6. The highest BCUT2D eigenvalue weighted by Crippen LogP contribution is 2.20. The molecular weight excluding hydrogens is 240 g/mol. The fourth-order valence-electron chi connectivity index (χ4n) is 1.75. The van der Waals surface area contributed by atoms with Crippen LogP contribution < -0.4 is 10.6 Å². The van der Waals surface area contributed by atoms with Crippen molar-refractivity contribution in [1.82, 2.24) is 9.97 Å². The summed E-state index contributed by atoms with van der Waals surface area (Å²) in [6.07, 6.45) is 4.09. The van der Waals surface area contributed by atoms with Crippen LogP contribution in [0.4, 0.5) is 11.8 Å². The monoisotopic (exact) mass is 256 g/mol. The van der Waals surface area contributed by atoms with Crippen molar-refractivity contribution in [2.75, 3.05) is 30.3 Å². The van der Waals surface area contributed by atoms with Crippen LogP contribution in [0.15, 0.2) is 6.20 Å². The molecule has 5 nitrogen and oxygen atoms in total. The molecule has 1 fully saturated rings. The molecule has 2 heterocycles. The van der Waals surface area contributed by atoms with Crippen molar-refractivity contribution in [2.24, 2.45) is 0 Å². The van der Waals surface area contributed by atoms with Gasteiger partial charge in [0.05, 0.1) is 12.3 Å². The minimum Gasteiger partial charge on any atom is -0.376 e. The highest BCUT2D eigenvalue weighted by atomic mass is 35.5. The number of halogens is 1. The molecule has 1 atom stereocenters.